The van der Waals surface area contributed by atoms with Crippen LogP contribution in [0.1, 0.15) is 39.7 Å². The van der Waals surface area contributed by atoms with Crippen LogP contribution in [-0.2, 0) is 20.7 Å². The molecule has 2 rings (SSSR count). The molecule has 0 radical (unpaired) electrons. The lowest BCUT2D eigenvalue weighted by Crippen LogP contribution is -2.42. The van der Waals surface area contributed by atoms with E-state index in [1.54, 1.807) is 7.05 Å². The number of amides is 1. The number of esters is 1. The minimum Gasteiger partial charge on any atom is -0.454 e. The molecule has 1 aromatic rings. The largest absolute Gasteiger partial charge is 0.454 e. The van der Waals surface area contributed by atoms with Crippen LogP contribution in [0.3, 0.4) is 0 Å². The molecule has 0 aliphatic carbocycles. The normalized spacial score (nSPS) is 16.6. The van der Waals surface area contributed by atoms with Crippen molar-refractivity contribution in [3.05, 3.63) is 23.8 Å². The number of nitrogens with zero attached hydrogens (tertiary/aromatic N) is 1. The molecule has 156 valence electrons. The second-order valence-corrected chi connectivity index (χ2v) is 7.15. The minimum atomic E-state index is -1.02. The van der Waals surface area contributed by atoms with Gasteiger partial charge in [0.05, 0.1) is 0 Å². The monoisotopic (exact) mass is 394 g/mol. The molecule has 2 N–H and O–H groups in total. The number of rotatable bonds is 8. The summed E-state index contributed by atoms with van der Waals surface area (Å²) in [5, 5.41) is 0. The third-order valence-electron chi connectivity index (χ3n) is 5.00. The van der Waals surface area contributed by atoms with Crippen LogP contribution in [0.5, 0.6) is 11.5 Å². The minimum absolute atomic E-state index is 0.0141. The summed E-state index contributed by atoms with van der Waals surface area (Å²) in [7, 11) is 1.64. The number of ether oxygens (including phenoxy) is 4. The van der Waals surface area contributed by atoms with Gasteiger partial charge in [-0.25, -0.2) is 4.79 Å². The van der Waals surface area contributed by atoms with E-state index in [4.69, 9.17) is 24.7 Å². The van der Waals surface area contributed by atoms with Gasteiger partial charge in [0.25, 0.3) is 0 Å². The first-order valence-electron chi connectivity index (χ1n) is 9.51. The molecule has 0 spiro atoms. The SMILES string of the molecule is CCC(C)C(N)C(=O)OC(C)OC(=O)N(C)C(C)Cc1ccc2c(c1)OCO2. The summed E-state index contributed by atoms with van der Waals surface area (Å²) >= 11 is 0. The summed E-state index contributed by atoms with van der Waals surface area (Å²) in [4.78, 5) is 25.8. The third-order valence-corrected chi connectivity index (χ3v) is 5.00. The summed E-state index contributed by atoms with van der Waals surface area (Å²) in [6.07, 6.45) is -0.235. The van der Waals surface area contributed by atoms with Crippen molar-refractivity contribution >= 4 is 12.1 Å². The highest BCUT2D eigenvalue weighted by molar-refractivity contribution is 5.76. The number of nitrogens with two attached hydrogens (primary N) is 1. The summed E-state index contributed by atoms with van der Waals surface area (Å²) < 4.78 is 21.0. The highest BCUT2D eigenvalue weighted by atomic mass is 16.7. The fraction of sp³-hybridized carbons (Fsp3) is 0.600. The van der Waals surface area contributed by atoms with Gasteiger partial charge in [0.15, 0.2) is 11.5 Å². The van der Waals surface area contributed by atoms with Gasteiger partial charge in [-0.2, -0.15) is 0 Å². The molecule has 8 nitrogen and oxygen atoms in total. The Bertz CT molecular complexity index is 695. The number of fused-ring (bicyclic) bond motifs is 1. The standard InChI is InChI=1S/C20H30N2O6/c1-6-12(2)18(21)19(23)27-14(4)28-20(24)22(5)13(3)9-15-7-8-16-17(10-15)26-11-25-16/h7-8,10,12-14,18H,6,9,11,21H2,1-5H3. The van der Waals surface area contributed by atoms with E-state index in [1.807, 2.05) is 39.0 Å². The van der Waals surface area contributed by atoms with Crippen molar-refractivity contribution in [2.45, 2.75) is 58.9 Å². The van der Waals surface area contributed by atoms with Crippen molar-refractivity contribution in [2.75, 3.05) is 13.8 Å². The van der Waals surface area contributed by atoms with E-state index in [0.29, 0.717) is 12.2 Å². The molecule has 8 heteroatoms. The zero-order valence-electron chi connectivity index (χ0n) is 17.1. The molecule has 0 aromatic heterocycles. The predicted octanol–water partition coefficient (Wildman–Crippen LogP) is 2.68. The van der Waals surface area contributed by atoms with E-state index in [0.717, 1.165) is 17.7 Å². The molecule has 4 unspecified atom stereocenters. The number of benzene rings is 1. The van der Waals surface area contributed by atoms with Crippen LogP contribution in [0.2, 0.25) is 0 Å². The lowest BCUT2D eigenvalue weighted by Gasteiger charge is -2.26. The van der Waals surface area contributed by atoms with Crippen LogP contribution in [0.4, 0.5) is 4.79 Å². The van der Waals surface area contributed by atoms with Crippen LogP contribution < -0.4 is 15.2 Å². The van der Waals surface area contributed by atoms with Gasteiger partial charge in [-0.15, -0.1) is 0 Å². The first-order valence-corrected chi connectivity index (χ1v) is 9.51. The zero-order chi connectivity index (χ0) is 20.8. The van der Waals surface area contributed by atoms with Crippen molar-refractivity contribution in [3.63, 3.8) is 0 Å². The number of likely N-dealkylation sites (N-methyl/N-ethyl adjacent to an activating group) is 1. The smallest absolute Gasteiger partial charge is 0.412 e. The maximum absolute atomic E-state index is 12.4. The molecule has 1 aromatic carbocycles. The highest BCUT2D eigenvalue weighted by Crippen LogP contribution is 2.33. The Morgan fingerprint density at radius 1 is 1.18 bits per heavy atom. The second kappa shape index (κ2) is 9.64. The Morgan fingerprint density at radius 2 is 1.86 bits per heavy atom. The first kappa shape index (κ1) is 21.8. The van der Waals surface area contributed by atoms with E-state index < -0.39 is 24.4 Å². The molecule has 0 saturated heterocycles. The van der Waals surface area contributed by atoms with Crippen LogP contribution in [0, 0.1) is 5.92 Å². The topological polar surface area (TPSA) is 100 Å². The van der Waals surface area contributed by atoms with Crippen molar-refractivity contribution in [1.82, 2.24) is 4.90 Å². The molecule has 1 aliphatic rings. The lowest BCUT2D eigenvalue weighted by molar-refractivity contribution is -0.169. The lowest BCUT2D eigenvalue weighted by atomic mass is 10.0. The molecule has 1 amide bonds. The van der Waals surface area contributed by atoms with Crippen LogP contribution >= 0.6 is 0 Å². The van der Waals surface area contributed by atoms with Gasteiger partial charge in [-0.05, 0) is 37.0 Å². The molecular weight excluding hydrogens is 364 g/mol. The van der Waals surface area contributed by atoms with Gasteiger partial charge in [-0.3, -0.25) is 4.79 Å². The third kappa shape index (κ3) is 5.51. The Hall–Kier alpha value is -2.48. The fourth-order valence-electron chi connectivity index (χ4n) is 2.70. The highest BCUT2D eigenvalue weighted by Gasteiger charge is 2.26. The van der Waals surface area contributed by atoms with Crippen LogP contribution in [0.15, 0.2) is 18.2 Å². The van der Waals surface area contributed by atoms with Crippen molar-refractivity contribution < 1.29 is 28.5 Å². The van der Waals surface area contributed by atoms with E-state index >= 15 is 0 Å². The summed E-state index contributed by atoms with van der Waals surface area (Å²) in [5.74, 6) is 0.828. The van der Waals surface area contributed by atoms with Crippen molar-refractivity contribution in [1.29, 1.82) is 0 Å². The van der Waals surface area contributed by atoms with Crippen LogP contribution in [-0.4, -0.2) is 49.2 Å². The van der Waals surface area contributed by atoms with Crippen molar-refractivity contribution in [2.24, 2.45) is 11.7 Å². The van der Waals surface area contributed by atoms with E-state index in [1.165, 1.54) is 11.8 Å². The number of hydrogen-bond donors (Lipinski definition) is 1. The number of carbonyl (C=O) groups is 2. The molecule has 0 bridgehead atoms. The fourth-order valence-corrected chi connectivity index (χ4v) is 2.70. The molecule has 0 fully saturated rings. The summed E-state index contributed by atoms with van der Waals surface area (Å²) in [5.41, 5.74) is 6.85. The molecule has 1 aliphatic heterocycles. The van der Waals surface area contributed by atoms with Gasteiger partial charge in [-0.1, -0.05) is 26.3 Å². The maximum atomic E-state index is 12.4. The summed E-state index contributed by atoms with van der Waals surface area (Å²) in [6, 6.07) is 4.81. The average molecular weight is 394 g/mol. The molecule has 0 saturated carbocycles. The van der Waals surface area contributed by atoms with Gasteiger partial charge < -0.3 is 29.6 Å². The zero-order valence-corrected chi connectivity index (χ0v) is 17.1. The van der Waals surface area contributed by atoms with Gasteiger partial charge in [0, 0.05) is 20.0 Å². The second-order valence-electron chi connectivity index (χ2n) is 7.15. The Labute approximate surface area is 165 Å². The van der Waals surface area contributed by atoms with Crippen molar-refractivity contribution in [3.8, 4) is 11.5 Å². The number of carbonyl (C=O) groups excluding carboxylic acids is 2. The first-order chi connectivity index (χ1) is 13.2. The molecule has 4 atom stereocenters. The van der Waals surface area contributed by atoms with Gasteiger partial charge >= 0.3 is 12.1 Å². The average Bonchev–Trinajstić information content (AvgIpc) is 3.13. The van der Waals surface area contributed by atoms with E-state index in [-0.39, 0.29) is 18.8 Å². The molecule has 28 heavy (non-hydrogen) atoms. The summed E-state index contributed by atoms with van der Waals surface area (Å²) in [6.45, 7) is 7.43. The van der Waals surface area contributed by atoms with E-state index in [9.17, 15) is 9.59 Å². The maximum Gasteiger partial charge on any atom is 0.412 e. The predicted molar refractivity (Wildman–Crippen MR) is 103 cm³/mol. The van der Waals surface area contributed by atoms with E-state index in [2.05, 4.69) is 0 Å². The quantitative estimate of drug-likeness (QED) is 0.534. The Balaban J connectivity index is 1.84. The molecule has 1 heterocycles. The number of hydrogen-bond acceptors (Lipinski definition) is 7. The van der Waals surface area contributed by atoms with Gasteiger partial charge in [0.2, 0.25) is 13.1 Å². The Kier molecular flexibility index (Phi) is 7.51. The Morgan fingerprint density at radius 3 is 2.54 bits per heavy atom. The van der Waals surface area contributed by atoms with Gasteiger partial charge in [0.1, 0.15) is 6.04 Å². The van der Waals surface area contributed by atoms with Crippen LogP contribution in [0.25, 0.3) is 0 Å². The molecular formula is C20H30N2O6.